The van der Waals surface area contributed by atoms with Crippen LogP contribution in [0.2, 0.25) is 0 Å². The van der Waals surface area contributed by atoms with E-state index in [4.69, 9.17) is 5.26 Å². The Morgan fingerprint density at radius 3 is 3.31 bits per heavy atom. The number of nitrogens with zero attached hydrogens (tertiary/aromatic N) is 3. The van der Waals surface area contributed by atoms with Gasteiger partial charge in [-0.05, 0) is 12.5 Å². The number of rotatable bonds is 2. The third kappa shape index (κ3) is 2.30. The minimum Gasteiger partial charge on any atom is -0.367 e. The lowest BCUT2D eigenvalue weighted by molar-refractivity contribution is 0.726. The van der Waals surface area contributed by atoms with Crippen LogP contribution in [-0.4, -0.2) is 29.1 Å². The van der Waals surface area contributed by atoms with Crippen LogP contribution < -0.4 is 4.90 Å². The predicted octanol–water partition coefficient (Wildman–Crippen LogP) is 2.29. The topological polar surface area (TPSA) is 39.9 Å². The number of aromatic nitrogens is 1. The molecule has 1 fully saturated rings. The zero-order chi connectivity index (χ0) is 11.4. The molecule has 1 saturated heterocycles. The van der Waals surface area contributed by atoms with Gasteiger partial charge in [0.1, 0.15) is 6.07 Å². The summed E-state index contributed by atoms with van der Waals surface area (Å²) >= 11 is 2.03. The molecule has 0 N–H and O–H groups in total. The SMILES string of the molecule is CCC1CN(c2cnccc2C#N)CCS1. The van der Waals surface area contributed by atoms with Crippen LogP contribution in [0.15, 0.2) is 18.5 Å². The minimum absolute atomic E-state index is 0.681. The Morgan fingerprint density at radius 2 is 2.56 bits per heavy atom. The van der Waals surface area contributed by atoms with Crippen LogP contribution in [-0.2, 0) is 0 Å². The fraction of sp³-hybridized carbons (Fsp3) is 0.500. The molecule has 0 spiro atoms. The summed E-state index contributed by atoms with van der Waals surface area (Å²) in [7, 11) is 0. The summed E-state index contributed by atoms with van der Waals surface area (Å²) < 4.78 is 0. The van der Waals surface area contributed by atoms with E-state index < -0.39 is 0 Å². The Morgan fingerprint density at radius 1 is 1.69 bits per heavy atom. The van der Waals surface area contributed by atoms with E-state index in [2.05, 4.69) is 22.9 Å². The summed E-state index contributed by atoms with van der Waals surface area (Å²) in [5.41, 5.74) is 1.72. The number of thioether (sulfide) groups is 1. The molecule has 2 rings (SSSR count). The van der Waals surface area contributed by atoms with Crippen molar-refractivity contribution >= 4 is 17.4 Å². The fourth-order valence-electron chi connectivity index (χ4n) is 1.92. The third-order valence-electron chi connectivity index (χ3n) is 2.86. The average molecular weight is 233 g/mol. The van der Waals surface area contributed by atoms with Crippen molar-refractivity contribution in [2.75, 3.05) is 23.7 Å². The van der Waals surface area contributed by atoms with E-state index >= 15 is 0 Å². The van der Waals surface area contributed by atoms with Gasteiger partial charge in [-0.2, -0.15) is 17.0 Å². The van der Waals surface area contributed by atoms with E-state index in [1.54, 1.807) is 18.5 Å². The number of pyridine rings is 1. The second kappa shape index (κ2) is 5.22. The molecular weight excluding hydrogens is 218 g/mol. The molecule has 1 unspecified atom stereocenters. The van der Waals surface area contributed by atoms with Crippen LogP contribution in [0.4, 0.5) is 5.69 Å². The van der Waals surface area contributed by atoms with Crippen molar-refractivity contribution in [2.45, 2.75) is 18.6 Å². The first kappa shape index (κ1) is 11.3. The van der Waals surface area contributed by atoms with Crippen molar-refractivity contribution in [1.29, 1.82) is 5.26 Å². The van der Waals surface area contributed by atoms with Crippen LogP contribution in [0.25, 0.3) is 0 Å². The van der Waals surface area contributed by atoms with Gasteiger partial charge in [-0.1, -0.05) is 6.92 Å². The van der Waals surface area contributed by atoms with Crippen molar-refractivity contribution in [3.63, 3.8) is 0 Å². The normalized spacial score (nSPS) is 20.5. The Bertz CT molecular complexity index is 399. The van der Waals surface area contributed by atoms with Crippen molar-refractivity contribution in [3.05, 3.63) is 24.0 Å². The zero-order valence-corrected chi connectivity index (χ0v) is 10.2. The minimum atomic E-state index is 0.681. The number of nitriles is 1. The molecule has 1 atom stereocenters. The van der Waals surface area contributed by atoms with Gasteiger partial charge in [-0.3, -0.25) is 4.98 Å². The maximum atomic E-state index is 9.06. The van der Waals surface area contributed by atoms with Gasteiger partial charge in [-0.25, -0.2) is 0 Å². The maximum absolute atomic E-state index is 9.06. The molecule has 0 amide bonds. The second-order valence-corrected chi connectivity index (χ2v) is 5.26. The van der Waals surface area contributed by atoms with E-state index in [0.29, 0.717) is 5.25 Å². The van der Waals surface area contributed by atoms with Gasteiger partial charge in [0, 0.05) is 30.3 Å². The highest BCUT2D eigenvalue weighted by molar-refractivity contribution is 8.00. The largest absolute Gasteiger partial charge is 0.367 e. The summed E-state index contributed by atoms with van der Waals surface area (Å²) in [4.78, 5) is 6.41. The quantitative estimate of drug-likeness (QED) is 0.785. The van der Waals surface area contributed by atoms with Crippen molar-refractivity contribution < 1.29 is 0 Å². The number of anilines is 1. The van der Waals surface area contributed by atoms with Crippen LogP contribution in [0, 0.1) is 11.3 Å². The van der Waals surface area contributed by atoms with Gasteiger partial charge < -0.3 is 4.90 Å². The van der Waals surface area contributed by atoms with Gasteiger partial charge in [0.2, 0.25) is 0 Å². The van der Waals surface area contributed by atoms with E-state index in [1.807, 2.05) is 11.8 Å². The molecule has 3 nitrogen and oxygen atoms in total. The van der Waals surface area contributed by atoms with Crippen LogP contribution in [0.5, 0.6) is 0 Å². The number of hydrogen-bond donors (Lipinski definition) is 0. The standard InChI is InChI=1S/C12H15N3S/c1-2-11-9-15(5-6-16-11)12-8-14-4-3-10(12)7-13/h3-4,8,11H,2,5-6,9H2,1H3. The molecule has 16 heavy (non-hydrogen) atoms. The third-order valence-corrected chi connectivity index (χ3v) is 4.23. The van der Waals surface area contributed by atoms with Crippen molar-refractivity contribution in [2.24, 2.45) is 0 Å². The van der Waals surface area contributed by atoms with Gasteiger partial charge in [0.15, 0.2) is 0 Å². The zero-order valence-electron chi connectivity index (χ0n) is 9.39. The van der Waals surface area contributed by atoms with Gasteiger partial charge in [-0.15, -0.1) is 0 Å². The average Bonchev–Trinajstić information content (AvgIpc) is 2.38. The van der Waals surface area contributed by atoms with Gasteiger partial charge in [0.05, 0.1) is 17.4 Å². The van der Waals surface area contributed by atoms with Gasteiger partial charge in [0.25, 0.3) is 0 Å². The lowest BCUT2D eigenvalue weighted by Gasteiger charge is -2.33. The molecule has 1 aromatic heterocycles. The van der Waals surface area contributed by atoms with E-state index in [-0.39, 0.29) is 0 Å². The molecule has 0 aromatic carbocycles. The number of hydrogen-bond acceptors (Lipinski definition) is 4. The molecule has 0 bridgehead atoms. The van der Waals surface area contributed by atoms with E-state index in [1.165, 1.54) is 6.42 Å². The van der Waals surface area contributed by atoms with Crippen LogP contribution >= 0.6 is 11.8 Å². The monoisotopic (exact) mass is 233 g/mol. The summed E-state index contributed by atoms with van der Waals surface area (Å²) in [5.74, 6) is 1.14. The van der Waals surface area contributed by atoms with E-state index in [0.717, 1.165) is 30.1 Å². The molecule has 0 saturated carbocycles. The first-order valence-electron chi connectivity index (χ1n) is 5.55. The predicted molar refractivity (Wildman–Crippen MR) is 67.7 cm³/mol. The molecular formula is C12H15N3S. The molecule has 0 radical (unpaired) electrons. The Labute approximate surface area is 100 Å². The Hall–Kier alpha value is -1.21. The summed E-state index contributed by atoms with van der Waals surface area (Å²) in [5, 5.41) is 9.74. The molecule has 1 aromatic rings. The Kier molecular flexibility index (Phi) is 3.68. The highest BCUT2D eigenvalue weighted by Gasteiger charge is 2.20. The maximum Gasteiger partial charge on any atom is 0.101 e. The Balaban J connectivity index is 2.20. The van der Waals surface area contributed by atoms with E-state index in [9.17, 15) is 0 Å². The summed E-state index contributed by atoms with van der Waals surface area (Å²) in [6.07, 6.45) is 4.67. The van der Waals surface area contributed by atoms with Crippen molar-refractivity contribution in [1.82, 2.24) is 4.98 Å². The molecule has 1 aliphatic heterocycles. The molecule has 2 heterocycles. The van der Waals surface area contributed by atoms with Crippen molar-refractivity contribution in [3.8, 4) is 6.07 Å². The second-order valence-electron chi connectivity index (χ2n) is 3.85. The van der Waals surface area contributed by atoms with Gasteiger partial charge >= 0.3 is 0 Å². The fourth-order valence-corrected chi connectivity index (χ4v) is 3.10. The smallest absolute Gasteiger partial charge is 0.101 e. The molecule has 4 heteroatoms. The molecule has 1 aliphatic rings. The summed E-state index contributed by atoms with van der Waals surface area (Å²) in [6.45, 7) is 4.26. The lowest BCUT2D eigenvalue weighted by atomic mass is 10.2. The highest BCUT2D eigenvalue weighted by atomic mass is 32.2. The summed E-state index contributed by atoms with van der Waals surface area (Å²) in [6, 6.07) is 4.03. The van der Waals surface area contributed by atoms with Crippen LogP contribution in [0.1, 0.15) is 18.9 Å². The highest BCUT2D eigenvalue weighted by Crippen LogP contribution is 2.27. The first-order chi connectivity index (χ1) is 7.85. The first-order valence-corrected chi connectivity index (χ1v) is 6.60. The van der Waals surface area contributed by atoms with Crippen LogP contribution in [0.3, 0.4) is 0 Å². The molecule has 84 valence electrons. The lowest BCUT2D eigenvalue weighted by Crippen LogP contribution is -2.38. The molecule has 0 aliphatic carbocycles.